The van der Waals surface area contributed by atoms with Gasteiger partial charge in [-0.15, -0.1) is 0 Å². The van der Waals surface area contributed by atoms with Crippen molar-refractivity contribution in [3.63, 3.8) is 0 Å². The van der Waals surface area contributed by atoms with Crippen molar-refractivity contribution in [1.29, 1.82) is 0 Å². The molecule has 2 rings (SSSR count). The Morgan fingerprint density at radius 1 is 1.41 bits per heavy atom. The van der Waals surface area contributed by atoms with Crippen LogP contribution in [0, 0.1) is 13.8 Å². The van der Waals surface area contributed by atoms with Gasteiger partial charge in [0.2, 0.25) is 0 Å². The molecule has 88 valence electrons. The summed E-state index contributed by atoms with van der Waals surface area (Å²) in [4.78, 5) is 0. The second-order valence-electron chi connectivity index (χ2n) is 3.80. The van der Waals surface area contributed by atoms with Gasteiger partial charge in [-0.1, -0.05) is 17.7 Å². The van der Waals surface area contributed by atoms with Gasteiger partial charge in [0, 0.05) is 16.9 Å². The van der Waals surface area contributed by atoms with Crippen molar-refractivity contribution < 1.29 is 0 Å². The lowest BCUT2D eigenvalue weighted by Crippen LogP contribution is -2.20. The van der Waals surface area contributed by atoms with Gasteiger partial charge in [0.15, 0.2) is 5.11 Å². The second-order valence-corrected chi connectivity index (χ2v) is 4.60. The fourth-order valence-electron chi connectivity index (χ4n) is 1.44. The Hall–Kier alpha value is -1.39. The number of anilines is 1. The van der Waals surface area contributed by atoms with Crippen LogP contribution in [0.25, 0.3) is 0 Å². The summed E-state index contributed by atoms with van der Waals surface area (Å²) in [5, 5.41) is 8.52. The van der Waals surface area contributed by atoms with Gasteiger partial charge in [0.1, 0.15) is 0 Å². The van der Waals surface area contributed by atoms with Crippen LogP contribution in [0.3, 0.4) is 0 Å². The Bertz CT molecular complexity index is 563. The highest BCUT2D eigenvalue weighted by molar-refractivity contribution is 7.80. The van der Waals surface area contributed by atoms with Gasteiger partial charge in [0.25, 0.3) is 0 Å². The van der Waals surface area contributed by atoms with Crippen LogP contribution in [0.2, 0.25) is 5.02 Å². The number of aromatic nitrogens is 2. The second kappa shape index (κ2) is 4.85. The van der Waals surface area contributed by atoms with E-state index in [0.717, 1.165) is 21.8 Å². The Morgan fingerprint density at radius 3 is 2.82 bits per heavy atom. The number of benzene rings is 1. The van der Waals surface area contributed by atoms with Gasteiger partial charge in [-0.2, -0.15) is 5.10 Å². The van der Waals surface area contributed by atoms with E-state index in [4.69, 9.17) is 23.8 Å². The van der Waals surface area contributed by atoms with E-state index in [1.807, 2.05) is 38.2 Å². The van der Waals surface area contributed by atoms with Gasteiger partial charge in [-0.05, 0) is 49.3 Å². The first-order chi connectivity index (χ1) is 8.08. The molecule has 1 heterocycles. The highest BCUT2D eigenvalue weighted by Crippen LogP contribution is 2.22. The smallest absolute Gasteiger partial charge is 0.198 e. The van der Waals surface area contributed by atoms with Crippen LogP contribution in [0.4, 0.5) is 5.69 Å². The van der Waals surface area contributed by atoms with Crippen molar-refractivity contribution in [3.8, 4) is 0 Å². The van der Waals surface area contributed by atoms with E-state index in [9.17, 15) is 0 Å². The lowest BCUT2D eigenvalue weighted by Gasteiger charge is -2.11. The number of aryl methyl sites for hydroxylation is 1. The number of thiocarbonyl (C=S) groups is 1. The monoisotopic (exact) mass is 265 g/mol. The summed E-state index contributed by atoms with van der Waals surface area (Å²) >= 11 is 11.3. The molecule has 0 atom stereocenters. The lowest BCUT2D eigenvalue weighted by atomic mass is 10.2. The van der Waals surface area contributed by atoms with E-state index >= 15 is 0 Å². The van der Waals surface area contributed by atoms with Gasteiger partial charge < -0.3 is 5.32 Å². The van der Waals surface area contributed by atoms with Crippen LogP contribution in [0.1, 0.15) is 11.1 Å². The Labute approximate surface area is 110 Å². The summed E-state index contributed by atoms with van der Waals surface area (Å²) in [6.07, 6.45) is 3.63. The molecule has 0 fully saturated rings. The largest absolute Gasteiger partial charge is 0.331 e. The van der Waals surface area contributed by atoms with Crippen LogP contribution >= 0.6 is 23.8 Å². The number of rotatable bonds is 1. The molecule has 0 aliphatic carbocycles. The van der Waals surface area contributed by atoms with Crippen molar-refractivity contribution in [3.05, 3.63) is 46.7 Å². The molecule has 0 radical (unpaired) electrons. The topological polar surface area (TPSA) is 29.9 Å². The van der Waals surface area contributed by atoms with Gasteiger partial charge in [0.05, 0.1) is 6.20 Å². The van der Waals surface area contributed by atoms with Crippen molar-refractivity contribution in [2.24, 2.45) is 0 Å². The van der Waals surface area contributed by atoms with Crippen LogP contribution in [0.15, 0.2) is 30.6 Å². The molecule has 0 aliphatic heterocycles. The van der Waals surface area contributed by atoms with Gasteiger partial charge >= 0.3 is 0 Å². The lowest BCUT2D eigenvalue weighted by molar-refractivity contribution is 0.946. The van der Waals surface area contributed by atoms with E-state index in [-0.39, 0.29) is 0 Å². The summed E-state index contributed by atoms with van der Waals surface area (Å²) in [6.45, 7) is 3.92. The van der Waals surface area contributed by atoms with Crippen LogP contribution in [0.5, 0.6) is 0 Å². The minimum absolute atomic E-state index is 0.531. The molecule has 0 saturated heterocycles. The van der Waals surface area contributed by atoms with Crippen LogP contribution in [-0.4, -0.2) is 14.9 Å². The summed E-state index contributed by atoms with van der Waals surface area (Å²) in [5.41, 5.74) is 2.94. The molecule has 0 spiro atoms. The molecule has 0 saturated carbocycles. The molecule has 0 aliphatic rings. The molecular weight excluding hydrogens is 254 g/mol. The molecule has 1 N–H and O–H groups in total. The Morgan fingerprint density at radius 2 is 2.18 bits per heavy atom. The van der Waals surface area contributed by atoms with Gasteiger partial charge in [-0.25, -0.2) is 4.68 Å². The maximum absolute atomic E-state index is 6.04. The normalized spacial score (nSPS) is 10.3. The van der Waals surface area contributed by atoms with E-state index in [1.54, 1.807) is 10.9 Å². The fourth-order valence-corrected chi connectivity index (χ4v) is 1.82. The van der Waals surface area contributed by atoms with Crippen molar-refractivity contribution in [2.45, 2.75) is 13.8 Å². The molecule has 1 aromatic carbocycles. The molecular formula is C12H12ClN3S. The third kappa shape index (κ3) is 2.65. The Kier molecular flexibility index (Phi) is 3.45. The standard InChI is InChI=1S/C12H12ClN3S/c1-8-6-14-16(7-8)12(17)15-11-5-3-4-10(13)9(11)2/h3-7H,1-2H3,(H,15,17). The van der Waals surface area contributed by atoms with E-state index < -0.39 is 0 Å². The third-order valence-electron chi connectivity index (χ3n) is 2.43. The third-order valence-corrected chi connectivity index (χ3v) is 3.13. The first-order valence-corrected chi connectivity index (χ1v) is 5.94. The first-order valence-electron chi connectivity index (χ1n) is 5.15. The summed E-state index contributed by atoms with van der Waals surface area (Å²) in [5.74, 6) is 0. The number of halogens is 1. The number of hydrogen-bond acceptors (Lipinski definition) is 2. The van der Waals surface area contributed by atoms with Gasteiger partial charge in [-0.3, -0.25) is 0 Å². The summed E-state index contributed by atoms with van der Waals surface area (Å²) in [6, 6.07) is 5.67. The SMILES string of the molecule is Cc1cnn(C(=S)Nc2cccc(Cl)c2C)c1. The van der Waals surface area contributed by atoms with E-state index in [2.05, 4.69) is 10.4 Å². The highest BCUT2D eigenvalue weighted by Gasteiger charge is 2.06. The molecule has 17 heavy (non-hydrogen) atoms. The first kappa shape index (κ1) is 12.1. The molecule has 5 heteroatoms. The van der Waals surface area contributed by atoms with E-state index in [0.29, 0.717) is 5.11 Å². The number of nitrogens with zero attached hydrogens (tertiary/aromatic N) is 2. The quantitative estimate of drug-likeness (QED) is 0.802. The summed E-state index contributed by atoms with van der Waals surface area (Å²) in [7, 11) is 0. The molecule has 3 nitrogen and oxygen atoms in total. The molecule has 1 aromatic heterocycles. The molecule has 0 bridgehead atoms. The molecule has 0 amide bonds. The summed E-state index contributed by atoms with van der Waals surface area (Å²) < 4.78 is 1.63. The fraction of sp³-hybridized carbons (Fsp3) is 0.167. The zero-order valence-corrected chi connectivity index (χ0v) is 11.1. The maximum Gasteiger partial charge on any atom is 0.198 e. The average molecular weight is 266 g/mol. The van der Waals surface area contributed by atoms with Crippen molar-refractivity contribution in [1.82, 2.24) is 9.78 Å². The van der Waals surface area contributed by atoms with E-state index in [1.165, 1.54) is 0 Å². The van der Waals surface area contributed by atoms with Crippen molar-refractivity contribution in [2.75, 3.05) is 5.32 Å². The van der Waals surface area contributed by atoms with Crippen LogP contribution < -0.4 is 5.32 Å². The maximum atomic E-state index is 6.04. The number of nitrogens with one attached hydrogen (secondary N) is 1. The minimum Gasteiger partial charge on any atom is -0.331 e. The predicted octanol–water partition coefficient (Wildman–Crippen LogP) is 3.40. The Balaban J connectivity index is 2.21. The average Bonchev–Trinajstić information content (AvgIpc) is 2.72. The molecule has 0 unspecified atom stereocenters. The van der Waals surface area contributed by atoms with Crippen molar-refractivity contribution >= 4 is 34.6 Å². The zero-order chi connectivity index (χ0) is 12.4. The predicted molar refractivity (Wildman–Crippen MR) is 74.8 cm³/mol. The number of hydrogen-bond donors (Lipinski definition) is 1. The minimum atomic E-state index is 0.531. The molecule has 2 aromatic rings. The highest BCUT2D eigenvalue weighted by atomic mass is 35.5. The zero-order valence-electron chi connectivity index (χ0n) is 9.57. The van der Waals surface area contributed by atoms with Crippen LogP contribution in [-0.2, 0) is 0 Å².